The quantitative estimate of drug-likeness (QED) is 0.462. The average Bonchev–Trinajstić information content (AvgIpc) is 3.04. The number of nitrogens with zero attached hydrogens (tertiary/aromatic N) is 1. The van der Waals surface area contributed by atoms with Gasteiger partial charge in [0.1, 0.15) is 5.60 Å². The summed E-state index contributed by atoms with van der Waals surface area (Å²) in [4.78, 5) is 27.4. The molecule has 2 rings (SSSR count). The summed E-state index contributed by atoms with van der Waals surface area (Å²) in [6, 6.07) is 0.0417. The summed E-state index contributed by atoms with van der Waals surface area (Å²) in [7, 11) is -2.67. The van der Waals surface area contributed by atoms with Crippen LogP contribution in [0.3, 0.4) is 0 Å². The Morgan fingerprint density at radius 2 is 1.67 bits per heavy atom. The van der Waals surface area contributed by atoms with E-state index in [1.54, 1.807) is 34.8 Å². The SMILES string of the molecule is CCCN1c2c(c(C)c(NS(=O)(=O)NC(=O)OC(C)(C)C)c(C)c2NC(=O)C(C)(C)C)CC1COC. The number of hydrogen-bond acceptors (Lipinski definition) is 7. The first kappa shape index (κ1) is 29.7. The molecular formula is C25H42N4O6S. The molecule has 1 aliphatic heterocycles. The van der Waals surface area contributed by atoms with Gasteiger partial charge in [0.2, 0.25) is 5.91 Å². The van der Waals surface area contributed by atoms with Crippen molar-refractivity contribution >= 4 is 39.3 Å². The molecule has 0 bridgehead atoms. The molecule has 1 atom stereocenters. The van der Waals surface area contributed by atoms with E-state index in [2.05, 4.69) is 21.9 Å². The van der Waals surface area contributed by atoms with Crippen LogP contribution in [0.25, 0.3) is 0 Å². The number of amides is 2. The smallest absolute Gasteiger partial charge is 0.422 e. The number of ether oxygens (including phenoxy) is 2. The molecule has 1 unspecified atom stereocenters. The number of anilines is 3. The van der Waals surface area contributed by atoms with E-state index in [0.717, 1.165) is 29.8 Å². The van der Waals surface area contributed by atoms with Gasteiger partial charge < -0.3 is 19.7 Å². The molecule has 0 spiro atoms. The maximum absolute atomic E-state index is 13.1. The fourth-order valence-corrected chi connectivity index (χ4v) is 5.10. The van der Waals surface area contributed by atoms with Gasteiger partial charge in [0.15, 0.2) is 0 Å². The molecule has 1 heterocycles. The molecule has 0 fully saturated rings. The van der Waals surface area contributed by atoms with Crippen molar-refractivity contribution < 1.29 is 27.5 Å². The predicted octanol–water partition coefficient (Wildman–Crippen LogP) is 4.26. The van der Waals surface area contributed by atoms with Gasteiger partial charge in [-0.25, -0.2) is 9.52 Å². The zero-order valence-corrected chi connectivity index (χ0v) is 24.0. The summed E-state index contributed by atoms with van der Waals surface area (Å²) in [5.41, 5.74) is 2.43. The Balaban J connectivity index is 2.63. The second kappa shape index (κ2) is 10.8. The van der Waals surface area contributed by atoms with E-state index in [1.807, 2.05) is 32.4 Å². The van der Waals surface area contributed by atoms with Gasteiger partial charge in [0.25, 0.3) is 0 Å². The Hall–Kier alpha value is -2.53. The predicted molar refractivity (Wildman–Crippen MR) is 143 cm³/mol. The monoisotopic (exact) mass is 526 g/mol. The molecular weight excluding hydrogens is 484 g/mol. The summed E-state index contributed by atoms with van der Waals surface area (Å²) in [6.45, 7) is 17.3. The van der Waals surface area contributed by atoms with Gasteiger partial charge in [-0.2, -0.15) is 8.42 Å². The fourth-order valence-electron chi connectivity index (χ4n) is 4.21. The van der Waals surface area contributed by atoms with Crippen molar-refractivity contribution in [2.24, 2.45) is 5.41 Å². The number of carbonyl (C=O) groups excluding carboxylic acids is 2. The Morgan fingerprint density at radius 1 is 1.06 bits per heavy atom. The van der Waals surface area contributed by atoms with Crippen molar-refractivity contribution in [3.05, 3.63) is 16.7 Å². The van der Waals surface area contributed by atoms with Crippen molar-refractivity contribution in [2.45, 2.75) is 86.8 Å². The van der Waals surface area contributed by atoms with Gasteiger partial charge in [-0.15, -0.1) is 0 Å². The second-order valence-corrected chi connectivity index (χ2v) is 12.7. The third-order valence-electron chi connectivity index (χ3n) is 5.86. The lowest BCUT2D eigenvalue weighted by atomic mass is 9.93. The van der Waals surface area contributed by atoms with Crippen molar-refractivity contribution in [3.8, 4) is 0 Å². The molecule has 3 N–H and O–H groups in total. The minimum absolute atomic E-state index is 0.0417. The zero-order chi connectivity index (χ0) is 27.6. The molecule has 0 saturated heterocycles. The average molecular weight is 527 g/mol. The largest absolute Gasteiger partial charge is 0.443 e. The lowest BCUT2D eigenvalue weighted by Crippen LogP contribution is -2.39. The minimum atomic E-state index is -4.32. The Kier molecular flexibility index (Phi) is 8.94. The van der Waals surface area contributed by atoms with E-state index < -0.39 is 27.3 Å². The summed E-state index contributed by atoms with van der Waals surface area (Å²) >= 11 is 0. The standard InChI is InChI=1S/C25H42N4O6S/c1-11-12-29-17(14-34-10)13-18-15(2)19(27-36(32,33)28-23(31)35-25(7,8)9)16(3)20(21(18)29)26-22(30)24(4,5)6/h17,27H,11-14H2,1-10H3,(H,26,30)(H,28,31). The molecule has 0 aliphatic carbocycles. The van der Waals surface area contributed by atoms with Crippen LogP contribution in [-0.4, -0.2) is 52.3 Å². The lowest BCUT2D eigenvalue weighted by molar-refractivity contribution is -0.123. The number of hydrogen-bond donors (Lipinski definition) is 3. The number of methoxy groups -OCH3 is 1. The molecule has 10 nitrogen and oxygen atoms in total. The van der Waals surface area contributed by atoms with E-state index in [4.69, 9.17) is 9.47 Å². The van der Waals surface area contributed by atoms with Crippen LogP contribution in [0.15, 0.2) is 0 Å². The van der Waals surface area contributed by atoms with Gasteiger partial charge >= 0.3 is 16.3 Å². The van der Waals surface area contributed by atoms with Crippen molar-refractivity contribution in [2.75, 3.05) is 35.2 Å². The fraction of sp³-hybridized carbons (Fsp3) is 0.680. The molecule has 1 aromatic rings. The second-order valence-electron chi connectivity index (χ2n) is 11.2. The van der Waals surface area contributed by atoms with Crippen LogP contribution in [0.2, 0.25) is 0 Å². The van der Waals surface area contributed by atoms with E-state index in [1.165, 1.54) is 0 Å². The van der Waals surface area contributed by atoms with Gasteiger partial charge in [0, 0.05) is 19.1 Å². The van der Waals surface area contributed by atoms with E-state index in [9.17, 15) is 18.0 Å². The molecule has 204 valence electrons. The van der Waals surface area contributed by atoms with E-state index >= 15 is 0 Å². The highest BCUT2D eigenvalue weighted by molar-refractivity contribution is 7.91. The Morgan fingerprint density at radius 3 is 2.17 bits per heavy atom. The van der Waals surface area contributed by atoms with Gasteiger partial charge in [-0.1, -0.05) is 27.7 Å². The van der Waals surface area contributed by atoms with Crippen LogP contribution >= 0.6 is 0 Å². The van der Waals surface area contributed by atoms with Gasteiger partial charge in [-0.05, 0) is 64.2 Å². The number of fused-ring (bicyclic) bond motifs is 1. The molecule has 2 amide bonds. The van der Waals surface area contributed by atoms with Crippen LogP contribution < -0.4 is 19.7 Å². The van der Waals surface area contributed by atoms with Crippen molar-refractivity contribution in [1.82, 2.24) is 4.72 Å². The molecule has 0 aromatic heterocycles. The van der Waals surface area contributed by atoms with Crippen LogP contribution in [0.1, 0.15) is 71.6 Å². The molecule has 1 aromatic carbocycles. The maximum Gasteiger partial charge on any atom is 0.422 e. The van der Waals surface area contributed by atoms with E-state index in [-0.39, 0.29) is 11.9 Å². The third kappa shape index (κ3) is 7.03. The first-order valence-electron chi connectivity index (χ1n) is 12.2. The lowest BCUT2D eigenvalue weighted by Gasteiger charge is -2.31. The van der Waals surface area contributed by atoms with Crippen LogP contribution in [0.4, 0.5) is 21.9 Å². The zero-order valence-electron chi connectivity index (χ0n) is 23.2. The summed E-state index contributed by atoms with van der Waals surface area (Å²) in [5, 5.41) is 3.06. The Labute approximate surface area is 215 Å². The van der Waals surface area contributed by atoms with Gasteiger partial charge in [-0.3, -0.25) is 9.52 Å². The molecule has 0 radical (unpaired) electrons. The topological polar surface area (TPSA) is 126 Å². The normalized spacial score (nSPS) is 15.9. The summed E-state index contributed by atoms with van der Waals surface area (Å²) in [6.07, 6.45) is 0.433. The highest BCUT2D eigenvalue weighted by Crippen LogP contribution is 2.47. The molecule has 0 saturated carbocycles. The summed E-state index contributed by atoms with van der Waals surface area (Å²) < 4.78 is 40.8. The number of rotatable bonds is 8. The van der Waals surface area contributed by atoms with E-state index in [0.29, 0.717) is 30.0 Å². The maximum atomic E-state index is 13.1. The summed E-state index contributed by atoms with van der Waals surface area (Å²) in [5.74, 6) is -0.191. The van der Waals surface area contributed by atoms with Crippen LogP contribution in [-0.2, 0) is 30.9 Å². The minimum Gasteiger partial charge on any atom is -0.443 e. The number of carbonyl (C=O) groups is 2. The highest BCUT2D eigenvalue weighted by atomic mass is 32.2. The third-order valence-corrected chi connectivity index (χ3v) is 6.77. The number of nitrogens with one attached hydrogen (secondary N) is 3. The highest BCUT2D eigenvalue weighted by Gasteiger charge is 2.37. The van der Waals surface area contributed by atoms with Crippen molar-refractivity contribution in [1.29, 1.82) is 0 Å². The van der Waals surface area contributed by atoms with Crippen LogP contribution in [0, 0.1) is 19.3 Å². The first-order valence-corrected chi connectivity index (χ1v) is 13.7. The van der Waals surface area contributed by atoms with Gasteiger partial charge in [0.05, 0.1) is 29.7 Å². The van der Waals surface area contributed by atoms with Crippen molar-refractivity contribution in [3.63, 3.8) is 0 Å². The molecule has 1 aliphatic rings. The first-order chi connectivity index (χ1) is 16.4. The molecule has 11 heteroatoms. The Bertz CT molecular complexity index is 1100. The van der Waals surface area contributed by atoms with Crippen LogP contribution in [0.5, 0.6) is 0 Å². The molecule has 36 heavy (non-hydrogen) atoms. The number of benzene rings is 1.